The summed E-state index contributed by atoms with van der Waals surface area (Å²) in [5.74, 6) is 1.48. The lowest BCUT2D eigenvalue weighted by Crippen LogP contribution is -2.10. The highest BCUT2D eigenvalue weighted by molar-refractivity contribution is 5.42. The largest absolute Gasteiger partial charge is 0.366 e. The van der Waals surface area contributed by atoms with E-state index in [-0.39, 0.29) is 0 Å². The standard InChI is InChI=1S/C16H20N4/c1-3-10-17-15-12-13(2)19-16(20-15)18-11-9-14-7-5-4-6-8-14/h3-8,12H,1,9-11H2,2H3,(H2,17,18,19,20). The first kappa shape index (κ1) is 14.1. The van der Waals surface area contributed by atoms with Gasteiger partial charge < -0.3 is 10.6 Å². The van der Waals surface area contributed by atoms with Crippen molar-refractivity contribution >= 4 is 11.8 Å². The Morgan fingerprint density at radius 2 is 1.95 bits per heavy atom. The van der Waals surface area contributed by atoms with Crippen LogP contribution < -0.4 is 10.6 Å². The molecule has 1 heterocycles. The quantitative estimate of drug-likeness (QED) is 0.758. The van der Waals surface area contributed by atoms with Crippen LogP contribution in [0, 0.1) is 6.92 Å². The second-order valence-corrected chi connectivity index (χ2v) is 4.55. The summed E-state index contributed by atoms with van der Waals surface area (Å²) in [5, 5.41) is 6.44. The van der Waals surface area contributed by atoms with Crippen molar-refractivity contribution in [1.82, 2.24) is 9.97 Å². The van der Waals surface area contributed by atoms with Gasteiger partial charge in [-0.15, -0.1) is 6.58 Å². The fourth-order valence-electron chi connectivity index (χ4n) is 1.88. The Balaban J connectivity index is 1.91. The van der Waals surface area contributed by atoms with E-state index in [4.69, 9.17) is 0 Å². The summed E-state index contributed by atoms with van der Waals surface area (Å²) in [4.78, 5) is 8.81. The first-order chi connectivity index (χ1) is 9.78. The molecule has 4 nitrogen and oxygen atoms in total. The summed E-state index contributed by atoms with van der Waals surface area (Å²) in [5.41, 5.74) is 2.24. The van der Waals surface area contributed by atoms with E-state index in [2.05, 4.69) is 51.4 Å². The van der Waals surface area contributed by atoms with Gasteiger partial charge in [0.1, 0.15) is 5.82 Å². The second-order valence-electron chi connectivity index (χ2n) is 4.55. The monoisotopic (exact) mass is 268 g/mol. The summed E-state index contributed by atoms with van der Waals surface area (Å²) in [7, 11) is 0. The van der Waals surface area contributed by atoms with Crippen LogP contribution in [0.2, 0.25) is 0 Å². The number of anilines is 2. The Kier molecular flexibility index (Phi) is 5.12. The van der Waals surface area contributed by atoms with E-state index < -0.39 is 0 Å². The molecule has 0 amide bonds. The van der Waals surface area contributed by atoms with Gasteiger partial charge in [-0.2, -0.15) is 4.98 Å². The van der Waals surface area contributed by atoms with Crippen molar-refractivity contribution in [2.24, 2.45) is 0 Å². The fourth-order valence-corrected chi connectivity index (χ4v) is 1.88. The van der Waals surface area contributed by atoms with Crippen molar-refractivity contribution in [1.29, 1.82) is 0 Å². The van der Waals surface area contributed by atoms with Gasteiger partial charge in [-0.05, 0) is 18.9 Å². The molecule has 0 radical (unpaired) electrons. The Labute approximate surface area is 120 Å². The van der Waals surface area contributed by atoms with Crippen LogP contribution in [0.4, 0.5) is 11.8 Å². The van der Waals surface area contributed by atoms with Crippen molar-refractivity contribution < 1.29 is 0 Å². The van der Waals surface area contributed by atoms with Gasteiger partial charge >= 0.3 is 0 Å². The van der Waals surface area contributed by atoms with Gasteiger partial charge in [0.25, 0.3) is 0 Å². The highest BCUT2D eigenvalue weighted by atomic mass is 15.1. The molecule has 1 aromatic carbocycles. The highest BCUT2D eigenvalue weighted by Crippen LogP contribution is 2.09. The predicted molar refractivity (Wildman–Crippen MR) is 84.1 cm³/mol. The molecule has 2 aromatic rings. The first-order valence-corrected chi connectivity index (χ1v) is 6.76. The number of nitrogens with one attached hydrogen (secondary N) is 2. The van der Waals surface area contributed by atoms with Gasteiger partial charge in [-0.1, -0.05) is 36.4 Å². The van der Waals surface area contributed by atoms with Gasteiger partial charge in [-0.3, -0.25) is 0 Å². The molecule has 2 N–H and O–H groups in total. The lowest BCUT2D eigenvalue weighted by molar-refractivity contribution is 0.974. The zero-order chi connectivity index (χ0) is 14.2. The van der Waals surface area contributed by atoms with Crippen LogP contribution in [0.3, 0.4) is 0 Å². The third-order valence-corrected chi connectivity index (χ3v) is 2.82. The lowest BCUT2D eigenvalue weighted by Gasteiger charge is -2.09. The third kappa shape index (κ3) is 4.39. The molecule has 0 aliphatic carbocycles. The van der Waals surface area contributed by atoms with Crippen molar-refractivity contribution in [3.05, 3.63) is 60.3 Å². The second kappa shape index (κ2) is 7.28. The molecule has 0 aliphatic rings. The third-order valence-electron chi connectivity index (χ3n) is 2.82. The number of nitrogens with zero attached hydrogens (tertiary/aromatic N) is 2. The molecule has 4 heteroatoms. The topological polar surface area (TPSA) is 49.8 Å². The smallest absolute Gasteiger partial charge is 0.224 e. The molecule has 20 heavy (non-hydrogen) atoms. The Morgan fingerprint density at radius 3 is 2.70 bits per heavy atom. The molecule has 0 atom stereocenters. The maximum absolute atomic E-state index is 4.42. The Morgan fingerprint density at radius 1 is 1.15 bits per heavy atom. The van der Waals surface area contributed by atoms with E-state index >= 15 is 0 Å². The first-order valence-electron chi connectivity index (χ1n) is 6.76. The van der Waals surface area contributed by atoms with Crippen LogP contribution in [-0.4, -0.2) is 23.1 Å². The van der Waals surface area contributed by atoms with Crippen LogP contribution in [-0.2, 0) is 6.42 Å². The molecular formula is C16H20N4. The molecule has 0 saturated carbocycles. The average Bonchev–Trinajstić information content (AvgIpc) is 2.46. The van der Waals surface area contributed by atoms with Crippen LogP contribution in [0.5, 0.6) is 0 Å². The van der Waals surface area contributed by atoms with Crippen molar-refractivity contribution in [2.45, 2.75) is 13.3 Å². The zero-order valence-electron chi connectivity index (χ0n) is 11.8. The van der Waals surface area contributed by atoms with Gasteiger partial charge in [0.05, 0.1) is 0 Å². The maximum Gasteiger partial charge on any atom is 0.224 e. The van der Waals surface area contributed by atoms with Crippen LogP contribution in [0.25, 0.3) is 0 Å². The fraction of sp³-hybridized carbons (Fsp3) is 0.250. The summed E-state index contributed by atoms with van der Waals surface area (Å²) in [6.45, 7) is 7.15. The number of hydrogen-bond donors (Lipinski definition) is 2. The number of hydrogen-bond acceptors (Lipinski definition) is 4. The normalized spacial score (nSPS) is 10.1. The molecule has 2 rings (SSSR count). The molecule has 0 bridgehead atoms. The van der Waals surface area contributed by atoms with Gasteiger partial charge in [0.15, 0.2) is 0 Å². The molecule has 0 spiro atoms. The number of aryl methyl sites for hydroxylation is 1. The van der Waals surface area contributed by atoms with E-state index in [0.29, 0.717) is 12.5 Å². The predicted octanol–water partition coefficient (Wildman–Crippen LogP) is 3.04. The number of benzene rings is 1. The van der Waals surface area contributed by atoms with Crippen molar-refractivity contribution in [3.63, 3.8) is 0 Å². The van der Waals surface area contributed by atoms with E-state index in [9.17, 15) is 0 Å². The number of aromatic nitrogens is 2. The molecular weight excluding hydrogens is 248 g/mol. The van der Waals surface area contributed by atoms with Crippen LogP contribution in [0.15, 0.2) is 49.1 Å². The average molecular weight is 268 g/mol. The molecule has 0 saturated heterocycles. The summed E-state index contributed by atoms with van der Waals surface area (Å²) in [6.07, 6.45) is 2.76. The summed E-state index contributed by atoms with van der Waals surface area (Å²) < 4.78 is 0. The van der Waals surface area contributed by atoms with E-state index in [0.717, 1.165) is 24.5 Å². The van der Waals surface area contributed by atoms with Gasteiger partial charge in [0.2, 0.25) is 5.95 Å². The highest BCUT2D eigenvalue weighted by Gasteiger charge is 2.01. The minimum absolute atomic E-state index is 0.660. The van der Waals surface area contributed by atoms with Gasteiger partial charge in [-0.25, -0.2) is 4.98 Å². The van der Waals surface area contributed by atoms with Crippen molar-refractivity contribution in [3.8, 4) is 0 Å². The van der Waals surface area contributed by atoms with E-state index in [1.54, 1.807) is 6.08 Å². The zero-order valence-corrected chi connectivity index (χ0v) is 11.8. The Hall–Kier alpha value is -2.36. The van der Waals surface area contributed by atoms with E-state index in [1.165, 1.54) is 5.56 Å². The van der Waals surface area contributed by atoms with Gasteiger partial charge in [0, 0.05) is 24.8 Å². The SMILES string of the molecule is C=CCNc1cc(C)nc(NCCc2ccccc2)n1. The Bertz CT molecular complexity index is 552. The van der Waals surface area contributed by atoms with Crippen molar-refractivity contribution in [2.75, 3.05) is 23.7 Å². The molecule has 0 fully saturated rings. The van der Waals surface area contributed by atoms with E-state index in [1.807, 2.05) is 19.1 Å². The summed E-state index contributed by atoms with van der Waals surface area (Å²) in [6, 6.07) is 12.3. The van der Waals surface area contributed by atoms with Crippen LogP contribution in [0.1, 0.15) is 11.3 Å². The minimum Gasteiger partial charge on any atom is -0.366 e. The van der Waals surface area contributed by atoms with Crippen LogP contribution >= 0.6 is 0 Å². The number of rotatable bonds is 7. The summed E-state index contributed by atoms with van der Waals surface area (Å²) >= 11 is 0. The minimum atomic E-state index is 0.660. The molecule has 1 aromatic heterocycles. The molecule has 0 aliphatic heterocycles. The molecule has 104 valence electrons. The molecule has 0 unspecified atom stereocenters. The maximum atomic E-state index is 4.42. The lowest BCUT2D eigenvalue weighted by atomic mass is 10.1.